The number of hydrogen-bond donors (Lipinski definition) is 1. The number of anilines is 1. The van der Waals surface area contributed by atoms with Crippen LogP contribution in [0.5, 0.6) is 0 Å². The summed E-state index contributed by atoms with van der Waals surface area (Å²) in [4.78, 5) is 28.9. The lowest BCUT2D eigenvalue weighted by molar-refractivity contribution is -0.144. The zero-order valence-corrected chi connectivity index (χ0v) is 14.7. The molecule has 2 heterocycles. The number of likely N-dealkylation sites (tertiary alicyclic amines) is 2. The molecule has 5 heteroatoms. The van der Waals surface area contributed by atoms with Gasteiger partial charge < -0.3 is 15.1 Å². The van der Waals surface area contributed by atoms with E-state index in [1.165, 1.54) is 0 Å². The summed E-state index contributed by atoms with van der Waals surface area (Å²) in [5.41, 5.74) is 1.79. The van der Waals surface area contributed by atoms with Crippen molar-refractivity contribution in [3.63, 3.8) is 0 Å². The van der Waals surface area contributed by atoms with Crippen LogP contribution in [0, 0.1) is 6.92 Å². The van der Waals surface area contributed by atoms with Gasteiger partial charge in [0.2, 0.25) is 5.91 Å². The van der Waals surface area contributed by atoms with Crippen molar-refractivity contribution in [2.75, 3.05) is 25.0 Å². The number of nitrogens with one attached hydrogen (secondary N) is 1. The van der Waals surface area contributed by atoms with Gasteiger partial charge in [0.25, 0.3) is 0 Å². The van der Waals surface area contributed by atoms with Crippen LogP contribution in [0.15, 0.2) is 24.3 Å². The molecule has 0 aliphatic carbocycles. The van der Waals surface area contributed by atoms with E-state index >= 15 is 0 Å². The van der Waals surface area contributed by atoms with Crippen LogP contribution in [0.2, 0.25) is 0 Å². The summed E-state index contributed by atoms with van der Waals surface area (Å²) in [6.07, 6.45) is 4.53. The number of nitrogens with zero attached hydrogens (tertiary/aromatic N) is 2. The molecular formula is C19H27N3O2. The van der Waals surface area contributed by atoms with Gasteiger partial charge in [-0.2, -0.15) is 0 Å². The van der Waals surface area contributed by atoms with Gasteiger partial charge in [0.1, 0.15) is 0 Å². The van der Waals surface area contributed by atoms with Gasteiger partial charge in [-0.15, -0.1) is 0 Å². The maximum Gasteiger partial charge on any atom is 0.321 e. The number of hydrogen-bond acceptors (Lipinski definition) is 2. The van der Waals surface area contributed by atoms with E-state index < -0.39 is 0 Å². The first-order chi connectivity index (χ1) is 11.5. The Kier molecular flexibility index (Phi) is 4.78. The maximum atomic E-state index is 12.7. The fourth-order valence-corrected chi connectivity index (χ4v) is 4.25. The number of benzene rings is 1. The lowest BCUT2D eigenvalue weighted by atomic mass is 9.79. The minimum atomic E-state index is -0.160. The molecule has 2 aliphatic heterocycles. The third-order valence-electron chi connectivity index (χ3n) is 5.33. The lowest BCUT2D eigenvalue weighted by Gasteiger charge is -2.51. The number of amides is 3. The number of likely N-dealkylation sites (N-methyl/N-ethyl adjacent to an activating group) is 1. The molecular weight excluding hydrogens is 302 g/mol. The van der Waals surface area contributed by atoms with Crippen molar-refractivity contribution in [2.24, 2.45) is 0 Å². The number of aryl methyl sites for hydroxylation is 1. The van der Waals surface area contributed by atoms with Crippen LogP contribution in [0.3, 0.4) is 0 Å². The number of carbonyl (C=O) groups excluding carboxylic acids is 2. The van der Waals surface area contributed by atoms with Crippen molar-refractivity contribution < 1.29 is 9.59 Å². The molecule has 0 saturated carbocycles. The van der Waals surface area contributed by atoms with Crippen LogP contribution in [0.1, 0.15) is 44.6 Å². The molecule has 1 N–H and O–H groups in total. The Balaban J connectivity index is 1.72. The summed E-state index contributed by atoms with van der Waals surface area (Å²) >= 11 is 0. The highest BCUT2D eigenvalue weighted by Crippen LogP contribution is 2.36. The third kappa shape index (κ3) is 3.25. The van der Waals surface area contributed by atoms with Gasteiger partial charge in [-0.3, -0.25) is 4.79 Å². The second-order valence-electron chi connectivity index (χ2n) is 7.04. The first-order valence-corrected chi connectivity index (χ1v) is 8.97. The molecule has 3 rings (SSSR count). The molecule has 130 valence electrons. The molecule has 0 radical (unpaired) electrons. The molecule has 2 saturated heterocycles. The van der Waals surface area contributed by atoms with E-state index in [9.17, 15) is 9.59 Å². The van der Waals surface area contributed by atoms with Crippen molar-refractivity contribution in [3.05, 3.63) is 29.8 Å². The van der Waals surface area contributed by atoms with Gasteiger partial charge in [0.15, 0.2) is 0 Å². The molecule has 1 atom stereocenters. The third-order valence-corrected chi connectivity index (χ3v) is 5.33. The second-order valence-corrected chi connectivity index (χ2v) is 7.04. The fraction of sp³-hybridized carbons (Fsp3) is 0.579. The van der Waals surface area contributed by atoms with Gasteiger partial charge in [-0.1, -0.05) is 12.1 Å². The first-order valence-electron chi connectivity index (χ1n) is 8.97. The predicted octanol–water partition coefficient (Wildman–Crippen LogP) is 3.39. The molecule has 1 spiro atoms. The van der Waals surface area contributed by atoms with Gasteiger partial charge in [-0.05, 0) is 57.2 Å². The first kappa shape index (κ1) is 16.8. The molecule has 5 nitrogen and oxygen atoms in total. The summed E-state index contributed by atoms with van der Waals surface area (Å²) in [5, 5.41) is 3.00. The highest BCUT2D eigenvalue weighted by Gasteiger charge is 2.45. The highest BCUT2D eigenvalue weighted by atomic mass is 16.2. The Hall–Kier alpha value is -2.04. The number of carbonyl (C=O) groups is 2. The SMILES string of the molecule is CCN1C(=O)CCCC12CCCN(C(=O)Nc1cccc(C)c1)C2. The molecule has 2 fully saturated rings. The van der Waals surface area contributed by atoms with Crippen LogP contribution in [0.4, 0.5) is 10.5 Å². The quantitative estimate of drug-likeness (QED) is 0.904. The van der Waals surface area contributed by atoms with Crippen molar-refractivity contribution in [1.29, 1.82) is 0 Å². The molecule has 3 amide bonds. The van der Waals surface area contributed by atoms with Crippen LogP contribution < -0.4 is 5.32 Å². The molecule has 1 unspecified atom stereocenters. The van der Waals surface area contributed by atoms with E-state index in [0.29, 0.717) is 13.0 Å². The Morgan fingerprint density at radius 3 is 2.83 bits per heavy atom. The van der Waals surface area contributed by atoms with Crippen LogP contribution >= 0.6 is 0 Å². The number of urea groups is 1. The number of rotatable bonds is 2. The van der Waals surface area contributed by atoms with E-state index in [1.807, 2.05) is 47.9 Å². The van der Waals surface area contributed by atoms with Crippen molar-refractivity contribution >= 4 is 17.6 Å². The molecule has 1 aromatic carbocycles. The van der Waals surface area contributed by atoms with Gasteiger partial charge in [0, 0.05) is 31.7 Å². The molecule has 0 bridgehead atoms. The van der Waals surface area contributed by atoms with Gasteiger partial charge in [0.05, 0.1) is 5.54 Å². The van der Waals surface area contributed by atoms with E-state index in [-0.39, 0.29) is 17.5 Å². The zero-order valence-electron chi connectivity index (χ0n) is 14.7. The van der Waals surface area contributed by atoms with E-state index in [2.05, 4.69) is 5.32 Å². The standard InChI is InChI=1S/C19H27N3O2/c1-3-22-17(23)9-5-10-19(22)11-6-12-21(14-19)18(24)20-16-8-4-7-15(2)13-16/h4,7-8,13H,3,5-6,9-12,14H2,1-2H3,(H,20,24). The number of piperidine rings is 2. The van der Waals surface area contributed by atoms with E-state index in [4.69, 9.17) is 0 Å². The second kappa shape index (κ2) is 6.83. The Morgan fingerprint density at radius 2 is 2.08 bits per heavy atom. The van der Waals surface area contributed by atoms with E-state index in [1.54, 1.807) is 0 Å². The van der Waals surface area contributed by atoms with Crippen LogP contribution in [-0.2, 0) is 4.79 Å². The average Bonchev–Trinajstić information content (AvgIpc) is 2.55. The molecule has 1 aromatic rings. The van der Waals surface area contributed by atoms with E-state index in [0.717, 1.165) is 50.0 Å². The average molecular weight is 329 g/mol. The zero-order chi connectivity index (χ0) is 17.2. The van der Waals surface area contributed by atoms with Crippen molar-refractivity contribution in [1.82, 2.24) is 9.80 Å². The fourth-order valence-electron chi connectivity index (χ4n) is 4.25. The molecule has 24 heavy (non-hydrogen) atoms. The summed E-state index contributed by atoms with van der Waals surface area (Å²) in [5.74, 6) is 0.240. The monoisotopic (exact) mass is 329 g/mol. The summed E-state index contributed by atoms with van der Waals surface area (Å²) in [6.45, 7) is 6.18. The summed E-state index contributed by atoms with van der Waals surface area (Å²) in [7, 11) is 0. The minimum absolute atomic E-state index is 0.0613. The smallest absolute Gasteiger partial charge is 0.321 e. The Labute approximate surface area is 144 Å². The topological polar surface area (TPSA) is 52.7 Å². The van der Waals surface area contributed by atoms with Crippen molar-refractivity contribution in [3.8, 4) is 0 Å². The van der Waals surface area contributed by atoms with Crippen molar-refractivity contribution in [2.45, 2.75) is 51.5 Å². The van der Waals surface area contributed by atoms with Gasteiger partial charge in [-0.25, -0.2) is 4.79 Å². The highest BCUT2D eigenvalue weighted by molar-refractivity contribution is 5.89. The lowest BCUT2D eigenvalue weighted by Crippen LogP contribution is -2.63. The largest absolute Gasteiger partial charge is 0.336 e. The Bertz CT molecular complexity index is 627. The molecule has 2 aliphatic rings. The summed E-state index contributed by atoms with van der Waals surface area (Å²) in [6, 6.07) is 7.78. The summed E-state index contributed by atoms with van der Waals surface area (Å²) < 4.78 is 0. The van der Waals surface area contributed by atoms with Gasteiger partial charge >= 0.3 is 6.03 Å². The molecule has 0 aromatic heterocycles. The minimum Gasteiger partial charge on any atom is -0.336 e. The maximum absolute atomic E-state index is 12.7. The normalized spacial score (nSPS) is 24.3. The Morgan fingerprint density at radius 1 is 1.29 bits per heavy atom. The predicted molar refractivity (Wildman–Crippen MR) is 95.0 cm³/mol. The van der Waals surface area contributed by atoms with Crippen LogP contribution in [-0.4, -0.2) is 46.9 Å². The van der Waals surface area contributed by atoms with Crippen LogP contribution in [0.25, 0.3) is 0 Å².